The Hall–Kier alpha value is -2.36. The third kappa shape index (κ3) is 3.31. The molecule has 0 spiro atoms. The molecule has 1 aromatic carbocycles. The summed E-state index contributed by atoms with van der Waals surface area (Å²) in [6, 6.07) is 11.7. The van der Waals surface area contributed by atoms with Crippen LogP contribution in [0.4, 0.5) is 17.2 Å². The van der Waals surface area contributed by atoms with Gasteiger partial charge in [-0.25, -0.2) is 4.98 Å². The van der Waals surface area contributed by atoms with Gasteiger partial charge in [0.1, 0.15) is 5.82 Å². The Morgan fingerprint density at radius 3 is 2.28 bits per heavy atom. The summed E-state index contributed by atoms with van der Waals surface area (Å²) in [6.45, 7) is 3.52. The van der Waals surface area contributed by atoms with Crippen LogP contribution in [0.15, 0.2) is 42.6 Å². The van der Waals surface area contributed by atoms with Crippen LogP contribution in [0.5, 0.6) is 0 Å². The number of aromatic nitrogens is 1. The van der Waals surface area contributed by atoms with E-state index in [1.165, 1.54) is 12.5 Å². The number of nitrogens with zero attached hydrogens (tertiary/aromatic N) is 1. The summed E-state index contributed by atoms with van der Waals surface area (Å²) >= 11 is 0. The zero-order valence-corrected chi connectivity index (χ0v) is 10.4. The van der Waals surface area contributed by atoms with Crippen molar-refractivity contribution in [3.05, 3.63) is 48.2 Å². The molecule has 1 aromatic heterocycles. The Morgan fingerprint density at radius 2 is 1.72 bits per heavy atom. The first kappa shape index (κ1) is 12.1. The molecule has 0 radical (unpaired) electrons. The van der Waals surface area contributed by atoms with E-state index < -0.39 is 0 Å². The number of nitrogens with one attached hydrogen (secondary N) is 2. The van der Waals surface area contributed by atoms with Crippen molar-refractivity contribution in [2.75, 3.05) is 10.6 Å². The number of benzene rings is 1. The van der Waals surface area contributed by atoms with Crippen LogP contribution in [0.2, 0.25) is 0 Å². The van der Waals surface area contributed by atoms with Crippen molar-refractivity contribution >= 4 is 23.1 Å². The van der Waals surface area contributed by atoms with E-state index in [1.807, 2.05) is 43.3 Å². The highest BCUT2D eigenvalue weighted by Crippen LogP contribution is 2.16. The molecule has 0 saturated heterocycles. The second-order valence-electron chi connectivity index (χ2n) is 4.10. The van der Waals surface area contributed by atoms with Crippen LogP contribution >= 0.6 is 0 Å². The van der Waals surface area contributed by atoms with Crippen LogP contribution < -0.4 is 10.6 Å². The first-order valence-corrected chi connectivity index (χ1v) is 5.71. The van der Waals surface area contributed by atoms with E-state index >= 15 is 0 Å². The minimum Gasteiger partial charge on any atom is -0.340 e. The molecular weight excluding hydrogens is 226 g/mol. The zero-order valence-electron chi connectivity index (χ0n) is 10.4. The summed E-state index contributed by atoms with van der Waals surface area (Å²) in [6.07, 6.45) is 1.62. The number of hydrogen-bond donors (Lipinski definition) is 2. The van der Waals surface area contributed by atoms with E-state index in [0.29, 0.717) is 5.69 Å². The van der Waals surface area contributed by atoms with Crippen molar-refractivity contribution in [3.8, 4) is 0 Å². The minimum absolute atomic E-state index is 0.101. The number of aryl methyl sites for hydroxylation is 1. The molecule has 1 amide bonds. The van der Waals surface area contributed by atoms with Crippen LogP contribution in [-0.4, -0.2) is 10.9 Å². The van der Waals surface area contributed by atoms with Crippen molar-refractivity contribution in [3.63, 3.8) is 0 Å². The number of carbonyl (C=O) groups excluding carboxylic acids is 1. The molecule has 0 atom stereocenters. The second-order valence-corrected chi connectivity index (χ2v) is 4.10. The molecule has 2 rings (SSSR count). The monoisotopic (exact) mass is 241 g/mol. The maximum absolute atomic E-state index is 10.9. The summed E-state index contributed by atoms with van der Waals surface area (Å²) in [5.74, 6) is 0.643. The Morgan fingerprint density at radius 1 is 1.06 bits per heavy atom. The maximum Gasteiger partial charge on any atom is 0.221 e. The first-order valence-electron chi connectivity index (χ1n) is 5.71. The predicted molar refractivity (Wildman–Crippen MR) is 73.0 cm³/mol. The number of carbonyl (C=O) groups is 1. The fraction of sp³-hybridized carbons (Fsp3) is 0.143. The van der Waals surface area contributed by atoms with E-state index in [-0.39, 0.29) is 5.91 Å². The van der Waals surface area contributed by atoms with Gasteiger partial charge >= 0.3 is 0 Å². The highest BCUT2D eigenvalue weighted by Gasteiger charge is 1.98. The predicted octanol–water partition coefficient (Wildman–Crippen LogP) is 3.09. The minimum atomic E-state index is -0.101. The van der Waals surface area contributed by atoms with Crippen LogP contribution in [0, 0.1) is 6.92 Å². The third-order valence-corrected chi connectivity index (χ3v) is 2.41. The lowest BCUT2D eigenvalue weighted by Gasteiger charge is -2.07. The van der Waals surface area contributed by atoms with Gasteiger partial charge in [0.05, 0.1) is 11.9 Å². The SMILES string of the molecule is CC(=O)Nc1ccc(Nc2ccc(C)cc2)nc1. The Balaban J connectivity index is 2.06. The normalized spacial score (nSPS) is 9.89. The first-order chi connectivity index (χ1) is 8.63. The number of rotatable bonds is 3. The molecule has 0 fully saturated rings. The average Bonchev–Trinajstić information content (AvgIpc) is 2.34. The molecule has 0 aliphatic heterocycles. The molecule has 4 nitrogen and oxygen atoms in total. The topological polar surface area (TPSA) is 54.0 Å². The van der Waals surface area contributed by atoms with Gasteiger partial charge in [-0.15, -0.1) is 0 Å². The molecule has 2 aromatic rings. The van der Waals surface area contributed by atoms with Gasteiger partial charge in [0.15, 0.2) is 0 Å². The van der Waals surface area contributed by atoms with Crippen LogP contribution in [0.3, 0.4) is 0 Å². The van der Waals surface area contributed by atoms with Gasteiger partial charge in [-0.05, 0) is 31.2 Å². The standard InChI is InChI=1S/C14H15N3O/c1-10-3-5-12(6-4-10)17-14-8-7-13(9-15-14)16-11(2)18/h3-9H,1-2H3,(H,15,17)(H,16,18). The molecule has 2 N–H and O–H groups in total. The molecule has 0 unspecified atom stereocenters. The van der Waals surface area contributed by atoms with Gasteiger partial charge in [-0.2, -0.15) is 0 Å². The Bertz CT molecular complexity index is 532. The summed E-state index contributed by atoms with van der Waals surface area (Å²) in [7, 11) is 0. The van der Waals surface area contributed by atoms with Crippen molar-refractivity contribution in [2.45, 2.75) is 13.8 Å². The van der Waals surface area contributed by atoms with Gasteiger partial charge in [0.2, 0.25) is 5.91 Å². The second kappa shape index (κ2) is 5.31. The van der Waals surface area contributed by atoms with Gasteiger partial charge in [-0.1, -0.05) is 17.7 Å². The van der Waals surface area contributed by atoms with Gasteiger partial charge in [-0.3, -0.25) is 4.79 Å². The molecule has 1 heterocycles. The maximum atomic E-state index is 10.9. The van der Waals surface area contributed by atoms with Crippen molar-refractivity contribution in [1.29, 1.82) is 0 Å². The molecule has 4 heteroatoms. The summed E-state index contributed by atoms with van der Waals surface area (Å²) in [5, 5.41) is 5.86. The van der Waals surface area contributed by atoms with Crippen molar-refractivity contribution in [1.82, 2.24) is 4.98 Å². The van der Waals surface area contributed by atoms with Gasteiger partial charge in [0, 0.05) is 12.6 Å². The third-order valence-electron chi connectivity index (χ3n) is 2.41. The largest absolute Gasteiger partial charge is 0.340 e. The summed E-state index contributed by atoms with van der Waals surface area (Å²) in [5.41, 5.74) is 2.90. The highest BCUT2D eigenvalue weighted by atomic mass is 16.1. The molecule has 0 aliphatic carbocycles. The van der Waals surface area contributed by atoms with Crippen molar-refractivity contribution < 1.29 is 4.79 Å². The molecule has 92 valence electrons. The highest BCUT2D eigenvalue weighted by molar-refractivity contribution is 5.88. The molecule has 0 saturated carbocycles. The lowest BCUT2D eigenvalue weighted by Crippen LogP contribution is -2.06. The van der Waals surface area contributed by atoms with E-state index in [2.05, 4.69) is 15.6 Å². The number of anilines is 3. The lowest BCUT2D eigenvalue weighted by atomic mass is 10.2. The molecular formula is C14H15N3O. The Kier molecular flexibility index (Phi) is 3.57. The number of pyridine rings is 1. The summed E-state index contributed by atoms with van der Waals surface area (Å²) < 4.78 is 0. The van der Waals surface area contributed by atoms with Gasteiger partial charge < -0.3 is 10.6 Å². The zero-order chi connectivity index (χ0) is 13.0. The fourth-order valence-corrected chi connectivity index (χ4v) is 1.53. The van der Waals surface area contributed by atoms with E-state index in [1.54, 1.807) is 6.20 Å². The average molecular weight is 241 g/mol. The van der Waals surface area contributed by atoms with Crippen LogP contribution in [-0.2, 0) is 4.79 Å². The quantitative estimate of drug-likeness (QED) is 0.868. The van der Waals surface area contributed by atoms with Crippen LogP contribution in [0.1, 0.15) is 12.5 Å². The van der Waals surface area contributed by atoms with E-state index in [0.717, 1.165) is 11.5 Å². The Labute approximate surface area is 106 Å². The number of hydrogen-bond acceptors (Lipinski definition) is 3. The molecule has 0 aliphatic rings. The molecule has 0 bridgehead atoms. The number of amides is 1. The van der Waals surface area contributed by atoms with Crippen molar-refractivity contribution in [2.24, 2.45) is 0 Å². The lowest BCUT2D eigenvalue weighted by molar-refractivity contribution is -0.114. The van der Waals surface area contributed by atoms with Crippen LogP contribution in [0.25, 0.3) is 0 Å². The van der Waals surface area contributed by atoms with E-state index in [9.17, 15) is 4.79 Å². The molecule has 18 heavy (non-hydrogen) atoms. The fourth-order valence-electron chi connectivity index (χ4n) is 1.53. The summed E-state index contributed by atoms with van der Waals surface area (Å²) in [4.78, 5) is 15.1. The smallest absolute Gasteiger partial charge is 0.221 e. The van der Waals surface area contributed by atoms with Gasteiger partial charge in [0.25, 0.3) is 0 Å². The van der Waals surface area contributed by atoms with E-state index in [4.69, 9.17) is 0 Å².